The van der Waals surface area contributed by atoms with Crippen LogP contribution in [0.15, 0.2) is 48.8 Å². The monoisotopic (exact) mass is 453 g/mol. The number of hydrogen-bond donors (Lipinski definition) is 3. The van der Waals surface area contributed by atoms with Crippen LogP contribution in [0.5, 0.6) is 5.75 Å². The number of amides is 2. The number of aliphatic carboxylic acids is 1. The maximum atomic E-state index is 12.6. The predicted molar refractivity (Wildman–Crippen MR) is 120 cm³/mol. The molecule has 0 saturated carbocycles. The number of nitrogen functional groups attached to an aromatic ring is 1. The van der Waals surface area contributed by atoms with Crippen LogP contribution in [0.3, 0.4) is 0 Å². The third-order valence-electron chi connectivity index (χ3n) is 5.44. The van der Waals surface area contributed by atoms with Gasteiger partial charge < -0.3 is 25.4 Å². The summed E-state index contributed by atoms with van der Waals surface area (Å²) in [6, 6.07) is 9.18. The largest absolute Gasteiger partial charge is 0.494 e. The number of aromatic nitrogens is 1. The van der Waals surface area contributed by atoms with Crippen molar-refractivity contribution in [3.63, 3.8) is 0 Å². The van der Waals surface area contributed by atoms with E-state index in [1.54, 1.807) is 48.8 Å². The Kier molecular flexibility index (Phi) is 7.96. The van der Waals surface area contributed by atoms with Gasteiger partial charge in [-0.1, -0.05) is 0 Å². The molecule has 4 N–H and O–H groups in total. The smallest absolute Gasteiger partial charge is 0.326 e. The molecule has 0 spiro atoms. The highest BCUT2D eigenvalue weighted by molar-refractivity contribution is 6.35. The van der Waals surface area contributed by atoms with Crippen LogP contribution < -0.4 is 10.5 Å². The topological polar surface area (TPSA) is 150 Å². The summed E-state index contributed by atoms with van der Waals surface area (Å²) in [6.07, 6.45) is 4.55. The van der Waals surface area contributed by atoms with E-state index in [-0.39, 0.29) is 25.3 Å². The van der Waals surface area contributed by atoms with E-state index in [4.69, 9.17) is 15.9 Å². The number of carboxylic acid groups (broad SMARTS) is 1. The first kappa shape index (κ1) is 23.7. The Morgan fingerprint density at radius 3 is 2.42 bits per heavy atom. The zero-order chi connectivity index (χ0) is 23.8. The Bertz CT molecular complexity index is 996. The number of piperazine rings is 1. The molecule has 1 aliphatic rings. The fourth-order valence-electron chi connectivity index (χ4n) is 3.60. The third kappa shape index (κ3) is 6.28. The summed E-state index contributed by atoms with van der Waals surface area (Å²) in [6.45, 7) is 1.30. The van der Waals surface area contributed by atoms with Crippen LogP contribution in [0.25, 0.3) is 0 Å². The lowest BCUT2D eigenvalue weighted by Crippen LogP contribution is -2.59. The predicted octanol–water partition coefficient (Wildman–Crippen LogP) is 0.891. The number of ether oxygens (including phenoxy) is 1. The van der Waals surface area contributed by atoms with Crippen molar-refractivity contribution in [1.29, 1.82) is 5.41 Å². The highest BCUT2D eigenvalue weighted by Gasteiger charge is 2.38. The number of carbonyl (C=O) groups is 3. The first-order chi connectivity index (χ1) is 15.9. The van der Waals surface area contributed by atoms with Crippen LogP contribution in [0.2, 0.25) is 0 Å². The van der Waals surface area contributed by atoms with Gasteiger partial charge in [0, 0.05) is 44.0 Å². The lowest BCUT2D eigenvalue weighted by atomic mass is 10.0. The first-order valence-corrected chi connectivity index (χ1v) is 10.7. The summed E-state index contributed by atoms with van der Waals surface area (Å²) in [7, 11) is 0. The number of unbranched alkanes of at least 4 members (excludes halogenated alkanes) is 1. The van der Waals surface area contributed by atoms with E-state index in [1.165, 1.54) is 4.90 Å². The zero-order valence-electron chi connectivity index (χ0n) is 18.1. The Hall–Kier alpha value is -3.95. The molecule has 1 atom stereocenters. The highest BCUT2D eigenvalue weighted by Crippen LogP contribution is 2.16. The number of hydrogen-bond acceptors (Lipinski definition) is 6. The Morgan fingerprint density at radius 2 is 1.79 bits per heavy atom. The second-order valence-corrected chi connectivity index (χ2v) is 7.70. The fourth-order valence-corrected chi connectivity index (χ4v) is 3.60. The van der Waals surface area contributed by atoms with E-state index in [0.717, 1.165) is 10.5 Å². The molecule has 10 heteroatoms. The second-order valence-electron chi connectivity index (χ2n) is 7.70. The molecule has 1 aromatic heterocycles. The number of amidine groups is 1. The SMILES string of the molecule is N=C(N)c1ccc(OCCCCN2CCN(C(Cc3ccncc3)C(=O)O)C(=O)C2=O)cc1. The van der Waals surface area contributed by atoms with E-state index >= 15 is 0 Å². The molecule has 10 nitrogen and oxygen atoms in total. The summed E-state index contributed by atoms with van der Waals surface area (Å²) in [5.41, 5.74) is 6.78. The number of carboxylic acids is 1. The third-order valence-corrected chi connectivity index (χ3v) is 5.44. The summed E-state index contributed by atoms with van der Waals surface area (Å²) in [5.74, 6) is -1.95. The van der Waals surface area contributed by atoms with Gasteiger partial charge in [-0.15, -0.1) is 0 Å². The van der Waals surface area contributed by atoms with E-state index in [1.807, 2.05) is 0 Å². The molecule has 1 aliphatic heterocycles. The van der Waals surface area contributed by atoms with Crippen molar-refractivity contribution in [3.8, 4) is 5.75 Å². The minimum atomic E-state index is -1.14. The van der Waals surface area contributed by atoms with Crippen molar-refractivity contribution in [2.75, 3.05) is 26.2 Å². The van der Waals surface area contributed by atoms with Gasteiger partial charge in [0.05, 0.1) is 6.61 Å². The zero-order valence-corrected chi connectivity index (χ0v) is 18.1. The molecule has 0 aliphatic carbocycles. The molecule has 2 heterocycles. The highest BCUT2D eigenvalue weighted by atomic mass is 16.5. The number of nitrogens with zero attached hydrogens (tertiary/aromatic N) is 3. The molecule has 1 fully saturated rings. The lowest BCUT2D eigenvalue weighted by Gasteiger charge is -2.36. The Labute approximate surface area is 191 Å². The van der Waals surface area contributed by atoms with Crippen molar-refractivity contribution >= 4 is 23.6 Å². The molecule has 2 amide bonds. The Balaban J connectivity index is 1.45. The van der Waals surface area contributed by atoms with Crippen LogP contribution in [0.4, 0.5) is 0 Å². The summed E-state index contributed by atoms with van der Waals surface area (Å²) in [5, 5.41) is 17.0. The first-order valence-electron chi connectivity index (χ1n) is 10.7. The summed E-state index contributed by atoms with van der Waals surface area (Å²) < 4.78 is 5.65. The van der Waals surface area contributed by atoms with Crippen molar-refractivity contribution in [2.45, 2.75) is 25.3 Å². The average molecular weight is 453 g/mol. The summed E-state index contributed by atoms with van der Waals surface area (Å²) in [4.78, 5) is 43.5. The average Bonchev–Trinajstić information content (AvgIpc) is 2.81. The van der Waals surface area contributed by atoms with Gasteiger partial charge >= 0.3 is 17.8 Å². The maximum Gasteiger partial charge on any atom is 0.326 e. The molecule has 33 heavy (non-hydrogen) atoms. The van der Waals surface area contributed by atoms with Gasteiger partial charge in [-0.05, 0) is 54.8 Å². The van der Waals surface area contributed by atoms with Gasteiger partial charge in [0.2, 0.25) is 0 Å². The van der Waals surface area contributed by atoms with E-state index < -0.39 is 23.8 Å². The van der Waals surface area contributed by atoms with Crippen LogP contribution in [-0.2, 0) is 20.8 Å². The van der Waals surface area contributed by atoms with E-state index in [2.05, 4.69) is 4.98 Å². The summed E-state index contributed by atoms with van der Waals surface area (Å²) >= 11 is 0. The van der Waals surface area contributed by atoms with Crippen LogP contribution >= 0.6 is 0 Å². The molecular formula is C23H27N5O5. The van der Waals surface area contributed by atoms with Crippen LogP contribution in [0.1, 0.15) is 24.0 Å². The van der Waals surface area contributed by atoms with Gasteiger partial charge in [0.1, 0.15) is 17.6 Å². The van der Waals surface area contributed by atoms with Crippen LogP contribution in [-0.4, -0.2) is 75.8 Å². The second kappa shape index (κ2) is 11.1. The number of nitrogens with one attached hydrogen (secondary N) is 1. The van der Waals surface area contributed by atoms with Gasteiger partial charge in [0.15, 0.2) is 0 Å². The molecule has 0 radical (unpaired) electrons. The Morgan fingerprint density at radius 1 is 1.09 bits per heavy atom. The van der Waals surface area contributed by atoms with E-state index in [9.17, 15) is 19.5 Å². The van der Waals surface area contributed by atoms with Crippen molar-refractivity contribution in [2.24, 2.45) is 5.73 Å². The van der Waals surface area contributed by atoms with Crippen molar-refractivity contribution in [3.05, 3.63) is 59.9 Å². The quantitative estimate of drug-likeness (QED) is 0.198. The number of pyridine rings is 1. The van der Waals surface area contributed by atoms with E-state index in [0.29, 0.717) is 37.3 Å². The maximum absolute atomic E-state index is 12.6. The molecule has 1 unspecified atom stereocenters. The molecule has 1 saturated heterocycles. The molecular weight excluding hydrogens is 426 g/mol. The number of rotatable bonds is 11. The molecule has 3 rings (SSSR count). The number of carbonyl (C=O) groups excluding carboxylic acids is 2. The normalized spacial score (nSPS) is 14.8. The van der Waals surface area contributed by atoms with Gasteiger partial charge in [-0.25, -0.2) is 4.79 Å². The number of benzene rings is 1. The van der Waals surface area contributed by atoms with Gasteiger partial charge in [-0.2, -0.15) is 0 Å². The van der Waals surface area contributed by atoms with Gasteiger partial charge in [-0.3, -0.25) is 20.0 Å². The van der Waals surface area contributed by atoms with Crippen LogP contribution in [0, 0.1) is 5.41 Å². The molecule has 1 aromatic carbocycles. The minimum Gasteiger partial charge on any atom is -0.494 e. The minimum absolute atomic E-state index is 0.00657. The van der Waals surface area contributed by atoms with Crippen molar-refractivity contribution < 1.29 is 24.2 Å². The van der Waals surface area contributed by atoms with Crippen molar-refractivity contribution in [1.82, 2.24) is 14.8 Å². The van der Waals surface area contributed by atoms with Gasteiger partial charge in [0.25, 0.3) is 0 Å². The standard InChI is InChI=1S/C23H27N5O5/c24-20(25)17-3-5-18(6-4-17)33-14-2-1-11-27-12-13-28(22(30)21(27)29)19(23(31)32)15-16-7-9-26-10-8-16/h3-10,19H,1-2,11-15H2,(H3,24,25)(H,31,32). The number of nitrogens with two attached hydrogens (primary N) is 1. The molecule has 0 bridgehead atoms. The lowest BCUT2D eigenvalue weighted by molar-refractivity contribution is -0.162. The fraction of sp³-hybridized carbons (Fsp3) is 0.348. The molecule has 174 valence electrons. The molecule has 2 aromatic rings.